The molecule has 0 heterocycles. The predicted octanol–water partition coefficient (Wildman–Crippen LogP) is 0.788. The van der Waals surface area contributed by atoms with Crippen molar-refractivity contribution in [2.24, 2.45) is 5.73 Å². The van der Waals surface area contributed by atoms with Gasteiger partial charge in [-0.2, -0.15) is 8.42 Å². The highest BCUT2D eigenvalue weighted by Crippen LogP contribution is 2.09. The molecule has 0 saturated heterocycles. The van der Waals surface area contributed by atoms with Gasteiger partial charge >= 0.3 is 16.4 Å². The molecule has 0 radical (unpaired) electrons. The van der Waals surface area contributed by atoms with Gasteiger partial charge in [-0.15, -0.1) is 0 Å². The fourth-order valence-electron chi connectivity index (χ4n) is 0.613. The molecule has 4 N–H and O–H groups in total. The van der Waals surface area contributed by atoms with Crippen LogP contribution in [0.25, 0.3) is 0 Å². The van der Waals surface area contributed by atoms with E-state index >= 15 is 0 Å². The van der Waals surface area contributed by atoms with Crippen LogP contribution >= 0.6 is 15.9 Å². The normalized spacial score (nSPS) is 13.4. The largest absolute Gasteiger partial charge is 0.459 e. The van der Waals surface area contributed by atoms with E-state index < -0.39 is 22.0 Å². The van der Waals surface area contributed by atoms with E-state index in [0.29, 0.717) is 11.8 Å². The van der Waals surface area contributed by atoms with Gasteiger partial charge in [0.25, 0.3) is 0 Å². The van der Waals surface area contributed by atoms with Gasteiger partial charge in [0.15, 0.2) is 0 Å². The first-order valence-corrected chi connectivity index (χ1v) is 7.13. The maximum absolute atomic E-state index is 11.2. The molecule has 9 heteroatoms. The second-order valence-electron chi connectivity index (χ2n) is 4.07. The molecular formula is C8H18BrNO6S. The smallest absolute Gasteiger partial charge is 0.394 e. The SMILES string of the molecule is CC(C)(C)OC(=O)[C@@H](N)CCBr.O=S(=O)(O)O. The second-order valence-corrected chi connectivity index (χ2v) is 5.75. The molecule has 17 heavy (non-hydrogen) atoms. The third-order valence-corrected chi connectivity index (χ3v) is 1.59. The number of hydrogen-bond donors (Lipinski definition) is 3. The average molecular weight is 336 g/mol. The molecule has 0 aliphatic rings. The molecule has 0 unspecified atom stereocenters. The lowest BCUT2D eigenvalue weighted by Crippen LogP contribution is -2.37. The fraction of sp³-hybridized carbons (Fsp3) is 0.875. The van der Waals surface area contributed by atoms with Crippen molar-refractivity contribution < 1.29 is 27.1 Å². The topological polar surface area (TPSA) is 127 Å². The molecule has 0 aliphatic carbocycles. The molecule has 0 fully saturated rings. The van der Waals surface area contributed by atoms with Crippen molar-refractivity contribution in [2.75, 3.05) is 5.33 Å². The number of esters is 1. The summed E-state index contributed by atoms with van der Waals surface area (Å²) in [5, 5.41) is 0.716. The molecule has 7 nitrogen and oxygen atoms in total. The van der Waals surface area contributed by atoms with Crippen LogP contribution in [0.15, 0.2) is 0 Å². The van der Waals surface area contributed by atoms with Crippen LogP contribution in [0.3, 0.4) is 0 Å². The van der Waals surface area contributed by atoms with Gasteiger partial charge in [-0.05, 0) is 27.2 Å². The van der Waals surface area contributed by atoms with Crippen LogP contribution in [0.4, 0.5) is 0 Å². The third kappa shape index (κ3) is 21.6. The van der Waals surface area contributed by atoms with E-state index in [-0.39, 0.29) is 5.97 Å². The van der Waals surface area contributed by atoms with E-state index in [1.807, 2.05) is 20.8 Å². The Hall–Kier alpha value is -0.220. The molecule has 0 saturated carbocycles. The Morgan fingerprint density at radius 1 is 1.41 bits per heavy atom. The van der Waals surface area contributed by atoms with Gasteiger partial charge in [-0.3, -0.25) is 13.9 Å². The molecule has 0 aliphatic heterocycles. The molecule has 0 spiro atoms. The van der Waals surface area contributed by atoms with Crippen molar-refractivity contribution in [1.29, 1.82) is 0 Å². The Balaban J connectivity index is 0. The van der Waals surface area contributed by atoms with Gasteiger partial charge in [0.2, 0.25) is 0 Å². The van der Waals surface area contributed by atoms with Crippen LogP contribution in [-0.4, -0.2) is 40.5 Å². The predicted molar refractivity (Wildman–Crippen MR) is 66.4 cm³/mol. The highest BCUT2D eigenvalue weighted by molar-refractivity contribution is 9.09. The lowest BCUT2D eigenvalue weighted by Gasteiger charge is -2.21. The van der Waals surface area contributed by atoms with Crippen molar-refractivity contribution in [3.05, 3.63) is 0 Å². The molecule has 0 aromatic heterocycles. The number of alkyl halides is 1. The van der Waals surface area contributed by atoms with E-state index in [9.17, 15) is 4.79 Å². The summed E-state index contributed by atoms with van der Waals surface area (Å²) in [6.07, 6.45) is 0.606. The highest BCUT2D eigenvalue weighted by Gasteiger charge is 2.21. The zero-order valence-corrected chi connectivity index (χ0v) is 12.3. The van der Waals surface area contributed by atoms with Crippen molar-refractivity contribution in [3.8, 4) is 0 Å². The zero-order chi connectivity index (χ0) is 14.3. The number of nitrogens with two attached hydrogens (primary N) is 1. The van der Waals surface area contributed by atoms with Gasteiger partial charge in [-0.1, -0.05) is 15.9 Å². The van der Waals surface area contributed by atoms with Gasteiger partial charge in [0.05, 0.1) is 0 Å². The average Bonchev–Trinajstić information content (AvgIpc) is 1.97. The quantitative estimate of drug-likeness (QED) is 0.395. The van der Waals surface area contributed by atoms with Gasteiger partial charge in [-0.25, -0.2) is 0 Å². The first-order valence-electron chi connectivity index (χ1n) is 4.61. The summed E-state index contributed by atoms with van der Waals surface area (Å²) in [5.41, 5.74) is 5.09. The van der Waals surface area contributed by atoms with Crippen molar-refractivity contribution in [2.45, 2.75) is 38.8 Å². The summed E-state index contributed by atoms with van der Waals surface area (Å²) < 4.78 is 36.7. The Bertz CT molecular complexity index is 315. The standard InChI is InChI=1S/C8H16BrNO2.H2O4S/c1-8(2,3)12-7(11)6(10)4-5-9;1-5(2,3)4/h6H,4-5,10H2,1-3H3;(H2,1,2,3,4)/t6-;/m0./s1. The summed E-state index contributed by atoms with van der Waals surface area (Å²) >= 11 is 3.21. The van der Waals surface area contributed by atoms with Crippen LogP contribution in [0, 0.1) is 0 Å². The minimum atomic E-state index is -4.67. The Morgan fingerprint density at radius 3 is 2.00 bits per heavy atom. The lowest BCUT2D eigenvalue weighted by atomic mass is 10.2. The van der Waals surface area contributed by atoms with Crippen LogP contribution in [0.5, 0.6) is 0 Å². The van der Waals surface area contributed by atoms with E-state index in [1.165, 1.54) is 0 Å². The summed E-state index contributed by atoms with van der Waals surface area (Å²) in [6.45, 7) is 5.48. The fourth-order valence-corrected chi connectivity index (χ4v) is 1.11. The van der Waals surface area contributed by atoms with Gasteiger partial charge < -0.3 is 10.5 Å². The molecule has 0 rings (SSSR count). The molecule has 0 amide bonds. The van der Waals surface area contributed by atoms with Gasteiger partial charge in [0.1, 0.15) is 11.6 Å². The summed E-state index contributed by atoms with van der Waals surface area (Å²) in [5.74, 6) is -0.332. The molecule has 0 aromatic carbocycles. The monoisotopic (exact) mass is 335 g/mol. The lowest BCUT2D eigenvalue weighted by molar-refractivity contribution is -0.156. The molecule has 104 valence electrons. The van der Waals surface area contributed by atoms with Crippen LogP contribution in [-0.2, 0) is 19.9 Å². The molecular weight excluding hydrogens is 318 g/mol. The van der Waals surface area contributed by atoms with Crippen molar-refractivity contribution >= 4 is 32.3 Å². The maximum atomic E-state index is 11.2. The van der Waals surface area contributed by atoms with Gasteiger partial charge in [0, 0.05) is 5.33 Å². The summed E-state index contributed by atoms with van der Waals surface area (Å²) in [7, 11) is -4.67. The van der Waals surface area contributed by atoms with Crippen molar-refractivity contribution in [1.82, 2.24) is 0 Å². The minimum Gasteiger partial charge on any atom is -0.459 e. The number of halogens is 1. The summed E-state index contributed by atoms with van der Waals surface area (Å²) in [4.78, 5) is 11.2. The van der Waals surface area contributed by atoms with Crippen LogP contribution < -0.4 is 5.73 Å². The van der Waals surface area contributed by atoms with E-state index in [4.69, 9.17) is 28.0 Å². The minimum absolute atomic E-state index is 0.332. The van der Waals surface area contributed by atoms with Crippen LogP contribution in [0.1, 0.15) is 27.2 Å². The number of ether oxygens (including phenoxy) is 1. The van der Waals surface area contributed by atoms with E-state index in [1.54, 1.807) is 0 Å². The number of hydrogen-bond acceptors (Lipinski definition) is 5. The van der Waals surface area contributed by atoms with Crippen LogP contribution in [0.2, 0.25) is 0 Å². The van der Waals surface area contributed by atoms with E-state index in [0.717, 1.165) is 0 Å². The highest BCUT2D eigenvalue weighted by atomic mass is 79.9. The number of carbonyl (C=O) groups is 1. The number of rotatable bonds is 3. The molecule has 1 atom stereocenters. The first kappa shape index (κ1) is 19.1. The second kappa shape index (κ2) is 7.98. The van der Waals surface area contributed by atoms with E-state index in [2.05, 4.69) is 15.9 Å². The summed E-state index contributed by atoms with van der Waals surface area (Å²) in [6, 6.07) is -0.511. The molecule has 0 aromatic rings. The Labute approximate surface area is 109 Å². The Kier molecular flexibility index (Phi) is 8.98. The molecule has 0 bridgehead atoms. The Morgan fingerprint density at radius 2 is 1.76 bits per heavy atom. The third-order valence-electron chi connectivity index (χ3n) is 1.13. The van der Waals surface area contributed by atoms with Crippen molar-refractivity contribution in [3.63, 3.8) is 0 Å². The first-order chi connectivity index (χ1) is 7.37. The zero-order valence-electron chi connectivity index (χ0n) is 9.88. The number of carbonyl (C=O) groups excluding carboxylic acids is 1. The maximum Gasteiger partial charge on any atom is 0.394 e.